The van der Waals surface area contributed by atoms with E-state index in [4.69, 9.17) is 4.52 Å². The number of hydrogen-bond acceptors (Lipinski definition) is 2. The summed E-state index contributed by atoms with van der Waals surface area (Å²) in [4.78, 5) is 0. The third kappa shape index (κ3) is 6.28. The minimum atomic E-state index is -2.88. The maximum atomic E-state index is 13.5. The Morgan fingerprint density at radius 3 is 2.52 bits per heavy atom. The molecule has 2 nitrogen and oxygen atoms in total. The first-order valence-corrected chi connectivity index (χ1v) is 11.0. The summed E-state index contributed by atoms with van der Waals surface area (Å²) < 4.78 is 19.6. The number of unbranched alkanes of at least 4 members (excludes halogenated alkanes) is 4. The summed E-state index contributed by atoms with van der Waals surface area (Å²) in [5.41, 5.74) is 0. The van der Waals surface area contributed by atoms with Crippen LogP contribution >= 0.6 is 7.37 Å². The first-order chi connectivity index (χ1) is 11.2. The lowest BCUT2D eigenvalue weighted by molar-refractivity contribution is 0.164. The Hall–Kier alpha value is -0.850. The fourth-order valence-electron chi connectivity index (χ4n) is 3.11. The zero-order valence-corrected chi connectivity index (χ0v) is 15.3. The van der Waals surface area contributed by atoms with Crippen LogP contribution in [0.25, 0.3) is 0 Å². The molecule has 0 saturated heterocycles. The molecule has 0 heterocycles. The lowest BCUT2D eigenvalue weighted by atomic mass is 9.98. The second-order valence-electron chi connectivity index (χ2n) is 6.53. The molecule has 0 amide bonds. The van der Waals surface area contributed by atoms with Crippen LogP contribution in [-0.4, -0.2) is 6.10 Å². The van der Waals surface area contributed by atoms with Gasteiger partial charge in [-0.25, -0.2) is 0 Å². The van der Waals surface area contributed by atoms with Gasteiger partial charge in [-0.3, -0.25) is 4.57 Å². The molecule has 0 spiro atoms. The fourth-order valence-corrected chi connectivity index (χ4v) is 5.14. The van der Waals surface area contributed by atoms with Crippen molar-refractivity contribution < 1.29 is 9.09 Å². The van der Waals surface area contributed by atoms with E-state index in [0.29, 0.717) is 0 Å². The molecule has 3 heteroatoms. The van der Waals surface area contributed by atoms with E-state index < -0.39 is 7.37 Å². The Bertz CT molecular complexity index is 504. The zero-order valence-electron chi connectivity index (χ0n) is 14.5. The molecule has 1 unspecified atom stereocenters. The highest BCUT2D eigenvalue weighted by molar-refractivity contribution is 7.70. The Morgan fingerprint density at radius 1 is 1.09 bits per heavy atom. The highest BCUT2D eigenvalue weighted by Crippen LogP contribution is 2.50. The van der Waals surface area contributed by atoms with Gasteiger partial charge in [0, 0.05) is 11.1 Å². The molecule has 128 valence electrons. The first kappa shape index (κ1) is 18.5. The van der Waals surface area contributed by atoms with Crippen LogP contribution in [0.15, 0.2) is 42.2 Å². The van der Waals surface area contributed by atoms with Crippen LogP contribution in [0.5, 0.6) is 0 Å². The summed E-state index contributed by atoms with van der Waals surface area (Å²) in [6, 6.07) is 9.72. The second kappa shape index (κ2) is 10.1. The molecule has 1 aromatic carbocycles. The quantitative estimate of drug-likeness (QED) is 0.384. The van der Waals surface area contributed by atoms with Crippen molar-refractivity contribution >= 4 is 12.7 Å². The Labute approximate surface area is 141 Å². The van der Waals surface area contributed by atoms with Gasteiger partial charge in [-0.1, -0.05) is 69.7 Å². The molecule has 1 aliphatic rings. The second-order valence-corrected chi connectivity index (χ2v) is 8.75. The zero-order chi connectivity index (χ0) is 16.4. The average Bonchev–Trinajstić information content (AvgIpc) is 2.60. The molecule has 1 aliphatic carbocycles. The van der Waals surface area contributed by atoms with E-state index in [1.54, 1.807) is 0 Å². The summed E-state index contributed by atoms with van der Waals surface area (Å²) in [7, 11) is -2.88. The third-order valence-corrected chi connectivity index (χ3v) is 6.73. The van der Waals surface area contributed by atoms with Gasteiger partial charge < -0.3 is 4.52 Å². The summed E-state index contributed by atoms with van der Waals surface area (Å²) in [5.74, 6) is 1.86. The van der Waals surface area contributed by atoms with Crippen molar-refractivity contribution in [3.8, 4) is 0 Å². The van der Waals surface area contributed by atoms with Crippen molar-refractivity contribution in [1.29, 1.82) is 0 Å². The molecule has 0 N–H and O–H groups in total. The van der Waals surface area contributed by atoms with Gasteiger partial charge in [-0.2, -0.15) is 0 Å². The fraction of sp³-hybridized carbons (Fsp3) is 0.600. The minimum absolute atomic E-state index is 0.152. The largest absolute Gasteiger partial charge is 0.319 e. The van der Waals surface area contributed by atoms with E-state index in [0.717, 1.165) is 24.6 Å². The molecule has 0 aromatic heterocycles. The normalized spacial score (nSPS) is 19.0. The highest BCUT2D eigenvalue weighted by atomic mass is 31.2. The van der Waals surface area contributed by atoms with E-state index >= 15 is 0 Å². The number of benzene rings is 1. The van der Waals surface area contributed by atoms with Crippen LogP contribution in [0.3, 0.4) is 0 Å². The maximum Gasteiger partial charge on any atom is 0.254 e. The van der Waals surface area contributed by atoms with Crippen molar-refractivity contribution in [1.82, 2.24) is 0 Å². The molecular formula is C20H31O2P. The monoisotopic (exact) mass is 334 g/mol. The van der Waals surface area contributed by atoms with E-state index in [9.17, 15) is 4.57 Å². The van der Waals surface area contributed by atoms with E-state index in [1.807, 2.05) is 36.1 Å². The standard InChI is InChI=1S/C20H31O2P/c1-2-3-4-5-6-13-18-23(21,20-16-11-8-12-17-20)22-19-14-9-7-10-15-19/h8,11-13,16-19H,2-7,9-10,14-15H2,1H3/b18-13+. The lowest BCUT2D eigenvalue weighted by Gasteiger charge is -2.26. The summed E-state index contributed by atoms with van der Waals surface area (Å²) in [6.07, 6.45) is 13.9. The number of hydrogen-bond donors (Lipinski definition) is 0. The number of rotatable bonds is 9. The van der Waals surface area contributed by atoms with Crippen molar-refractivity contribution in [3.05, 3.63) is 42.2 Å². The molecule has 0 bridgehead atoms. The molecule has 1 saturated carbocycles. The predicted octanol–water partition coefficient (Wildman–Crippen LogP) is 6.42. The molecule has 0 aliphatic heterocycles. The molecule has 1 fully saturated rings. The van der Waals surface area contributed by atoms with E-state index in [-0.39, 0.29) is 6.10 Å². The first-order valence-electron chi connectivity index (χ1n) is 9.26. The minimum Gasteiger partial charge on any atom is -0.319 e. The lowest BCUT2D eigenvalue weighted by Crippen LogP contribution is -2.18. The van der Waals surface area contributed by atoms with Crippen LogP contribution in [-0.2, 0) is 9.09 Å². The summed E-state index contributed by atoms with van der Waals surface area (Å²) in [5, 5.41) is 0.829. The molecule has 23 heavy (non-hydrogen) atoms. The number of allylic oxidation sites excluding steroid dienone is 1. The molecular weight excluding hydrogens is 303 g/mol. The van der Waals surface area contributed by atoms with E-state index in [2.05, 4.69) is 13.0 Å². The predicted molar refractivity (Wildman–Crippen MR) is 99.5 cm³/mol. The van der Waals surface area contributed by atoms with Gasteiger partial charge in [-0.15, -0.1) is 0 Å². The van der Waals surface area contributed by atoms with Crippen LogP contribution < -0.4 is 5.30 Å². The van der Waals surface area contributed by atoms with Crippen LogP contribution in [0.2, 0.25) is 0 Å². The molecule has 0 radical (unpaired) electrons. The van der Waals surface area contributed by atoms with Crippen molar-refractivity contribution in [2.45, 2.75) is 77.2 Å². The Kier molecular flexibility index (Phi) is 8.12. The van der Waals surface area contributed by atoms with Gasteiger partial charge in [-0.05, 0) is 37.8 Å². The molecule has 1 atom stereocenters. The summed E-state index contributed by atoms with van der Waals surface area (Å²) >= 11 is 0. The SMILES string of the molecule is CCCCCC/C=C/P(=O)(OC1CCCCC1)c1ccccc1. The van der Waals surface area contributed by atoms with Crippen molar-refractivity contribution in [2.24, 2.45) is 0 Å². The smallest absolute Gasteiger partial charge is 0.254 e. The maximum absolute atomic E-state index is 13.5. The van der Waals surface area contributed by atoms with E-state index in [1.165, 1.54) is 44.9 Å². The van der Waals surface area contributed by atoms with Crippen LogP contribution in [0.4, 0.5) is 0 Å². The highest BCUT2D eigenvalue weighted by Gasteiger charge is 2.27. The van der Waals surface area contributed by atoms with Gasteiger partial charge in [0.1, 0.15) is 0 Å². The van der Waals surface area contributed by atoms with Gasteiger partial charge >= 0.3 is 0 Å². The van der Waals surface area contributed by atoms with Gasteiger partial charge in [0.25, 0.3) is 7.37 Å². The Morgan fingerprint density at radius 2 is 1.83 bits per heavy atom. The van der Waals surface area contributed by atoms with Gasteiger partial charge in [0.2, 0.25) is 0 Å². The van der Waals surface area contributed by atoms with Crippen molar-refractivity contribution in [3.63, 3.8) is 0 Å². The van der Waals surface area contributed by atoms with Gasteiger partial charge in [0.05, 0.1) is 6.10 Å². The molecule has 1 aromatic rings. The third-order valence-electron chi connectivity index (χ3n) is 4.50. The topological polar surface area (TPSA) is 26.3 Å². The van der Waals surface area contributed by atoms with Crippen LogP contribution in [0, 0.1) is 0 Å². The Balaban J connectivity index is 2.02. The van der Waals surface area contributed by atoms with Gasteiger partial charge in [0.15, 0.2) is 0 Å². The van der Waals surface area contributed by atoms with Crippen LogP contribution in [0.1, 0.15) is 71.1 Å². The average molecular weight is 334 g/mol. The summed E-state index contributed by atoms with van der Waals surface area (Å²) in [6.45, 7) is 2.22. The van der Waals surface area contributed by atoms with Crippen molar-refractivity contribution in [2.75, 3.05) is 0 Å². The molecule has 2 rings (SSSR count).